The molecule has 3 heteroatoms. The molecule has 0 bridgehead atoms. The van der Waals surface area contributed by atoms with Crippen LogP contribution in [-0.4, -0.2) is 25.5 Å². The molecule has 0 saturated carbocycles. The van der Waals surface area contributed by atoms with Crippen LogP contribution < -0.4 is 10.6 Å². The Morgan fingerprint density at radius 1 is 0.750 bits per heavy atom. The van der Waals surface area contributed by atoms with Crippen molar-refractivity contribution in [3.8, 4) is 0 Å². The van der Waals surface area contributed by atoms with Gasteiger partial charge in [-0.15, -0.1) is 0 Å². The Labute approximate surface area is 126 Å². The van der Waals surface area contributed by atoms with E-state index in [-0.39, 0.29) is 5.91 Å². The fraction of sp³-hybridized carbons (Fsp3) is 0.941. The second-order valence-corrected chi connectivity index (χ2v) is 5.64. The summed E-state index contributed by atoms with van der Waals surface area (Å²) in [5.41, 5.74) is 0. The monoisotopic (exact) mass is 284 g/mol. The van der Waals surface area contributed by atoms with Gasteiger partial charge in [-0.1, -0.05) is 65.2 Å². The Bertz CT molecular complexity index is 207. The van der Waals surface area contributed by atoms with Gasteiger partial charge >= 0.3 is 0 Å². The van der Waals surface area contributed by atoms with Gasteiger partial charge in [0, 0.05) is 13.0 Å². The fourth-order valence-corrected chi connectivity index (χ4v) is 2.30. The number of carbonyl (C=O) groups is 1. The predicted octanol–water partition coefficient (Wildman–Crippen LogP) is 4.02. The van der Waals surface area contributed by atoms with Gasteiger partial charge in [-0.3, -0.25) is 4.79 Å². The van der Waals surface area contributed by atoms with E-state index in [4.69, 9.17) is 0 Å². The predicted molar refractivity (Wildman–Crippen MR) is 88.0 cm³/mol. The van der Waals surface area contributed by atoms with E-state index in [1.165, 1.54) is 51.4 Å². The molecule has 0 unspecified atom stereocenters. The van der Waals surface area contributed by atoms with E-state index in [9.17, 15) is 4.79 Å². The van der Waals surface area contributed by atoms with Crippen LogP contribution in [0.5, 0.6) is 0 Å². The third-order valence-corrected chi connectivity index (χ3v) is 3.61. The summed E-state index contributed by atoms with van der Waals surface area (Å²) in [7, 11) is 0. The Kier molecular flexibility index (Phi) is 16.0. The Hall–Kier alpha value is -0.570. The molecule has 0 aliphatic heterocycles. The van der Waals surface area contributed by atoms with Crippen LogP contribution in [0.15, 0.2) is 0 Å². The lowest BCUT2D eigenvalue weighted by atomic mass is 10.1. The Morgan fingerprint density at radius 3 is 1.95 bits per heavy atom. The molecule has 0 heterocycles. The SMILES string of the molecule is CCCCCCCCCCCC(=O)NCCCNCC. The van der Waals surface area contributed by atoms with Gasteiger partial charge in [0.2, 0.25) is 5.91 Å². The van der Waals surface area contributed by atoms with Gasteiger partial charge in [0.1, 0.15) is 0 Å². The summed E-state index contributed by atoms with van der Waals surface area (Å²) >= 11 is 0. The van der Waals surface area contributed by atoms with Crippen molar-refractivity contribution in [3.05, 3.63) is 0 Å². The second kappa shape index (κ2) is 16.5. The molecule has 0 aromatic heterocycles. The van der Waals surface area contributed by atoms with Gasteiger partial charge in [-0.2, -0.15) is 0 Å². The van der Waals surface area contributed by atoms with Gasteiger partial charge in [-0.05, 0) is 25.9 Å². The van der Waals surface area contributed by atoms with E-state index in [0.717, 1.165) is 32.5 Å². The minimum atomic E-state index is 0.226. The summed E-state index contributed by atoms with van der Waals surface area (Å²) in [6, 6.07) is 0. The van der Waals surface area contributed by atoms with E-state index in [1.54, 1.807) is 0 Å². The molecule has 2 N–H and O–H groups in total. The number of nitrogens with one attached hydrogen (secondary N) is 2. The summed E-state index contributed by atoms with van der Waals surface area (Å²) < 4.78 is 0. The first-order valence-corrected chi connectivity index (χ1v) is 8.78. The average Bonchev–Trinajstić information content (AvgIpc) is 2.45. The lowest BCUT2D eigenvalue weighted by Crippen LogP contribution is -2.27. The van der Waals surface area contributed by atoms with E-state index >= 15 is 0 Å². The van der Waals surface area contributed by atoms with Crippen LogP contribution in [0.1, 0.15) is 84.5 Å². The largest absolute Gasteiger partial charge is 0.356 e. The molecule has 20 heavy (non-hydrogen) atoms. The smallest absolute Gasteiger partial charge is 0.219 e. The minimum Gasteiger partial charge on any atom is -0.356 e. The number of unbranched alkanes of at least 4 members (excludes halogenated alkanes) is 8. The van der Waals surface area contributed by atoms with Crippen LogP contribution in [0, 0.1) is 0 Å². The number of amides is 1. The van der Waals surface area contributed by atoms with Gasteiger partial charge in [0.25, 0.3) is 0 Å². The molecule has 0 aliphatic carbocycles. The highest BCUT2D eigenvalue weighted by Crippen LogP contribution is 2.10. The number of hydrogen-bond acceptors (Lipinski definition) is 2. The van der Waals surface area contributed by atoms with Crippen molar-refractivity contribution in [1.82, 2.24) is 10.6 Å². The van der Waals surface area contributed by atoms with E-state index in [1.807, 2.05) is 0 Å². The quantitative estimate of drug-likeness (QED) is 0.446. The number of hydrogen-bond donors (Lipinski definition) is 2. The van der Waals surface area contributed by atoms with Gasteiger partial charge in [0.15, 0.2) is 0 Å². The molecule has 0 spiro atoms. The average molecular weight is 284 g/mol. The van der Waals surface area contributed by atoms with Crippen LogP contribution in [-0.2, 0) is 4.79 Å². The number of carbonyl (C=O) groups excluding carboxylic acids is 1. The van der Waals surface area contributed by atoms with Gasteiger partial charge < -0.3 is 10.6 Å². The molecule has 0 rings (SSSR count). The normalized spacial score (nSPS) is 10.7. The maximum Gasteiger partial charge on any atom is 0.219 e. The summed E-state index contributed by atoms with van der Waals surface area (Å²) in [6.07, 6.45) is 13.5. The highest BCUT2D eigenvalue weighted by molar-refractivity contribution is 5.75. The van der Waals surface area contributed by atoms with Crippen molar-refractivity contribution < 1.29 is 4.79 Å². The molecule has 0 fully saturated rings. The fourth-order valence-electron chi connectivity index (χ4n) is 2.30. The zero-order valence-corrected chi connectivity index (χ0v) is 13.8. The molecular weight excluding hydrogens is 248 g/mol. The van der Waals surface area contributed by atoms with Crippen LogP contribution in [0.3, 0.4) is 0 Å². The van der Waals surface area contributed by atoms with E-state index in [0.29, 0.717) is 6.42 Å². The molecule has 0 atom stereocenters. The maximum absolute atomic E-state index is 11.6. The van der Waals surface area contributed by atoms with Gasteiger partial charge in [-0.25, -0.2) is 0 Å². The molecule has 0 aliphatic rings. The van der Waals surface area contributed by atoms with Crippen LogP contribution in [0.2, 0.25) is 0 Å². The van der Waals surface area contributed by atoms with Gasteiger partial charge in [0.05, 0.1) is 0 Å². The van der Waals surface area contributed by atoms with Crippen molar-refractivity contribution in [1.29, 1.82) is 0 Å². The topological polar surface area (TPSA) is 41.1 Å². The molecule has 0 saturated heterocycles. The summed E-state index contributed by atoms with van der Waals surface area (Å²) in [6.45, 7) is 7.16. The highest BCUT2D eigenvalue weighted by atomic mass is 16.1. The molecule has 0 radical (unpaired) electrons. The van der Waals surface area contributed by atoms with E-state index < -0.39 is 0 Å². The van der Waals surface area contributed by atoms with Crippen molar-refractivity contribution in [2.45, 2.75) is 84.5 Å². The third-order valence-electron chi connectivity index (χ3n) is 3.61. The minimum absolute atomic E-state index is 0.226. The Morgan fingerprint density at radius 2 is 1.35 bits per heavy atom. The molecule has 1 amide bonds. The van der Waals surface area contributed by atoms with Crippen molar-refractivity contribution in [2.75, 3.05) is 19.6 Å². The first-order chi connectivity index (χ1) is 9.81. The van der Waals surface area contributed by atoms with Crippen molar-refractivity contribution in [2.24, 2.45) is 0 Å². The van der Waals surface area contributed by atoms with Crippen molar-refractivity contribution >= 4 is 5.91 Å². The summed E-state index contributed by atoms with van der Waals surface area (Å²) in [5, 5.41) is 6.24. The highest BCUT2D eigenvalue weighted by Gasteiger charge is 2.00. The lowest BCUT2D eigenvalue weighted by molar-refractivity contribution is -0.121. The first-order valence-electron chi connectivity index (χ1n) is 8.78. The standard InChI is InChI=1S/C17H36N2O/c1-3-5-6-7-8-9-10-11-12-14-17(20)19-16-13-15-18-4-2/h18H,3-16H2,1-2H3,(H,19,20). The van der Waals surface area contributed by atoms with Crippen molar-refractivity contribution in [3.63, 3.8) is 0 Å². The van der Waals surface area contributed by atoms with E-state index in [2.05, 4.69) is 24.5 Å². The third kappa shape index (κ3) is 15.5. The molecule has 120 valence electrons. The molecule has 3 nitrogen and oxygen atoms in total. The Balaban J connectivity index is 3.11. The summed E-state index contributed by atoms with van der Waals surface area (Å²) in [5.74, 6) is 0.226. The lowest BCUT2D eigenvalue weighted by Gasteiger charge is -2.05. The molecule has 0 aromatic rings. The first kappa shape index (κ1) is 19.4. The maximum atomic E-state index is 11.6. The zero-order chi connectivity index (χ0) is 14.9. The van der Waals surface area contributed by atoms with Crippen LogP contribution >= 0.6 is 0 Å². The second-order valence-electron chi connectivity index (χ2n) is 5.64. The molecular formula is C17H36N2O. The summed E-state index contributed by atoms with van der Waals surface area (Å²) in [4.78, 5) is 11.6. The number of rotatable bonds is 15. The van der Waals surface area contributed by atoms with Crippen LogP contribution in [0.4, 0.5) is 0 Å². The molecule has 0 aromatic carbocycles. The zero-order valence-electron chi connectivity index (χ0n) is 13.8. The van der Waals surface area contributed by atoms with Crippen LogP contribution in [0.25, 0.3) is 0 Å².